The van der Waals surface area contributed by atoms with Crippen LogP contribution in [0.4, 0.5) is 0 Å². The van der Waals surface area contributed by atoms with Gasteiger partial charge in [-0.25, -0.2) is 4.68 Å². The molecule has 2 aromatic heterocycles. The van der Waals surface area contributed by atoms with Gasteiger partial charge in [0.05, 0.1) is 0 Å². The summed E-state index contributed by atoms with van der Waals surface area (Å²) in [6, 6.07) is 0. The van der Waals surface area contributed by atoms with Crippen LogP contribution in [0.1, 0.15) is 5.01 Å². The van der Waals surface area contributed by atoms with Gasteiger partial charge in [0.15, 0.2) is 4.34 Å². The highest BCUT2D eigenvalue weighted by molar-refractivity contribution is 8.77. The van der Waals surface area contributed by atoms with Gasteiger partial charge in [0, 0.05) is 7.05 Å². The van der Waals surface area contributed by atoms with Crippen LogP contribution < -0.4 is 0 Å². The number of hydrogen-bond donors (Lipinski definition) is 0. The van der Waals surface area contributed by atoms with Crippen molar-refractivity contribution in [2.45, 2.75) is 16.4 Å². The lowest BCUT2D eigenvalue weighted by Crippen LogP contribution is -1.91. The van der Waals surface area contributed by atoms with Crippen molar-refractivity contribution in [3.05, 3.63) is 5.01 Å². The number of rotatable bonds is 3. The predicted octanol–water partition coefficient (Wildman–Crippen LogP) is 1.17. The van der Waals surface area contributed by atoms with Crippen LogP contribution in [-0.4, -0.2) is 30.4 Å². The molecular formula is C5H6N6S3. The topological polar surface area (TPSA) is 69.4 Å². The van der Waals surface area contributed by atoms with Crippen molar-refractivity contribution in [2.75, 3.05) is 0 Å². The second kappa shape index (κ2) is 4.24. The minimum Gasteiger partial charge on any atom is -0.223 e. The molecule has 14 heavy (non-hydrogen) atoms. The zero-order chi connectivity index (χ0) is 9.97. The lowest BCUT2D eigenvalue weighted by Gasteiger charge is -1.92. The summed E-state index contributed by atoms with van der Waals surface area (Å²) in [6.45, 7) is 1.93. The Morgan fingerprint density at radius 1 is 1.21 bits per heavy atom. The van der Waals surface area contributed by atoms with Gasteiger partial charge < -0.3 is 0 Å². The standard InChI is InChI=1S/C5H6N6S3/c1-3-6-8-5(12-3)14-13-4-7-9-10-11(4)2/h1-2H3. The highest BCUT2D eigenvalue weighted by atomic mass is 33.1. The molecule has 0 atom stereocenters. The van der Waals surface area contributed by atoms with E-state index >= 15 is 0 Å². The first-order valence-electron chi connectivity index (χ1n) is 3.62. The number of nitrogens with zero attached hydrogens (tertiary/aromatic N) is 6. The summed E-state index contributed by atoms with van der Waals surface area (Å²) in [7, 11) is 4.78. The van der Waals surface area contributed by atoms with E-state index in [2.05, 4.69) is 25.7 Å². The molecule has 6 nitrogen and oxygen atoms in total. The van der Waals surface area contributed by atoms with E-state index in [1.807, 2.05) is 6.92 Å². The minimum absolute atomic E-state index is 0.753. The van der Waals surface area contributed by atoms with E-state index in [0.717, 1.165) is 14.5 Å². The molecule has 0 saturated heterocycles. The average Bonchev–Trinajstić information content (AvgIpc) is 2.72. The fourth-order valence-electron chi connectivity index (χ4n) is 0.677. The molecule has 0 aliphatic carbocycles. The highest BCUT2D eigenvalue weighted by Gasteiger charge is 2.07. The molecule has 0 N–H and O–H groups in total. The van der Waals surface area contributed by atoms with E-state index in [4.69, 9.17) is 0 Å². The van der Waals surface area contributed by atoms with Gasteiger partial charge in [0.2, 0.25) is 5.16 Å². The van der Waals surface area contributed by atoms with Gasteiger partial charge in [0.1, 0.15) is 5.01 Å². The second-order valence-corrected chi connectivity index (χ2v) is 5.86. The molecule has 0 saturated carbocycles. The molecule has 2 rings (SSSR count). The van der Waals surface area contributed by atoms with Gasteiger partial charge >= 0.3 is 0 Å². The Morgan fingerprint density at radius 3 is 2.64 bits per heavy atom. The van der Waals surface area contributed by atoms with Crippen LogP contribution in [0.15, 0.2) is 9.50 Å². The minimum atomic E-state index is 0.753. The van der Waals surface area contributed by atoms with E-state index in [9.17, 15) is 0 Å². The lowest BCUT2D eigenvalue weighted by molar-refractivity contribution is 0.666. The summed E-state index contributed by atoms with van der Waals surface area (Å²) in [5, 5.41) is 20.7. The molecule has 74 valence electrons. The van der Waals surface area contributed by atoms with Crippen molar-refractivity contribution >= 4 is 32.9 Å². The maximum Gasteiger partial charge on any atom is 0.220 e. The Morgan fingerprint density at radius 2 is 2.07 bits per heavy atom. The molecule has 2 aromatic rings. The Balaban J connectivity index is 1.98. The summed E-state index contributed by atoms with van der Waals surface area (Å²) < 4.78 is 2.53. The van der Waals surface area contributed by atoms with Crippen LogP contribution in [0.2, 0.25) is 0 Å². The number of aryl methyl sites for hydroxylation is 2. The van der Waals surface area contributed by atoms with Gasteiger partial charge in [-0.05, 0) is 38.9 Å². The molecule has 0 aliphatic heterocycles. The normalized spacial score (nSPS) is 10.7. The summed E-state index contributed by atoms with van der Waals surface area (Å²) in [5.74, 6) is 0. The molecule has 9 heteroatoms. The van der Waals surface area contributed by atoms with Gasteiger partial charge in [-0.1, -0.05) is 11.3 Å². The van der Waals surface area contributed by atoms with E-state index in [1.165, 1.54) is 21.6 Å². The van der Waals surface area contributed by atoms with E-state index in [1.54, 1.807) is 23.1 Å². The van der Waals surface area contributed by atoms with Gasteiger partial charge in [-0.2, -0.15) is 0 Å². The Hall–Kier alpha value is -0.670. The van der Waals surface area contributed by atoms with E-state index < -0.39 is 0 Å². The molecule has 0 fully saturated rings. The highest BCUT2D eigenvalue weighted by Crippen LogP contribution is 2.36. The van der Waals surface area contributed by atoms with Crippen LogP contribution >= 0.6 is 32.9 Å². The van der Waals surface area contributed by atoms with Crippen LogP contribution in [0, 0.1) is 6.92 Å². The maximum atomic E-state index is 3.98. The summed E-state index contributed by atoms with van der Waals surface area (Å²) in [6.07, 6.45) is 0. The van der Waals surface area contributed by atoms with Crippen LogP contribution in [0.5, 0.6) is 0 Å². The first kappa shape index (κ1) is 9.87. The monoisotopic (exact) mass is 246 g/mol. The predicted molar refractivity (Wildman–Crippen MR) is 55.2 cm³/mol. The van der Waals surface area contributed by atoms with Crippen molar-refractivity contribution in [1.82, 2.24) is 30.4 Å². The van der Waals surface area contributed by atoms with Crippen molar-refractivity contribution in [1.29, 1.82) is 0 Å². The molecule has 0 spiro atoms. The maximum absolute atomic E-state index is 3.98. The Bertz CT molecular complexity index is 423. The average molecular weight is 246 g/mol. The van der Waals surface area contributed by atoms with Gasteiger partial charge in [-0.3, -0.25) is 0 Å². The number of aromatic nitrogens is 6. The van der Waals surface area contributed by atoms with Crippen LogP contribution in [0.25, 0.3) is 0 Å². The smallest absolute Gasteiger partial charge is 0.220 e. The third kappa shape index (κ3) is 2.22. The van der Waals surface area contributed by atoms with Crippen molar-refractivity contribution in [2.24, 2.45) is 7.05 Å². The first-order chi connectivity index (χ1) is 6.75. The fourth-order valence-corrected chi connectivity index (χ4v) is 3.60. The lowest BCUT2D eigenvalue weighted by atomic mass is 10.9. The molecule has 2 heterocycles. The first-order valence-corrected chi connectivity index (χ1v) is 6.59. The number of hydrogen-bond acceptors (Lipinski definition) is 8. The van der Waals surface area contributed by atoms with Crippen molar-refractivity contribution in [3.8, 4) is 0 Å². The van der Waals surface area contributed by atoms with Crippen LogP contribution in [-0.2, 0) is 7.05 Å². The van der Waals surface area contributed by atoms with Crippen molar-refractivity contribution < 1.29 is 0 Å². The molecular weight excluding hydrogens is 240 g/mol. The second-order valence-electron chi connectivity index (χ2n) is 2.34. The third-order valence-corrected chi connectivity index (χ3v) is 4.70. The summed E-state index contributed by atoms with van der Waals surface area (Å²) in [5.41, 5.74) is 0. The zero-order valence-electron chi connectivity index (χ0n) is 7.41. The SMILES string of the molecule is Cc1nnc(SSc2nnnn2C)s1. The summed E-state index contributed by atoms with van der Waals surface area (Å²) >= 11 is 1.56. The molecule has 0 amide bonds. The summed E-state index contributed by atoms with van der Waals surface area (Å²) in [4.78, 5) is 0. The number of tetrazole rings is 1. The third-order valence-electron chi connectivity index (χ3n) is 1.28. The molecule has 0 aliphatic rings. The molecule has 0 radical (unpaired) electrons. The molecule has 0 bridgehead atoms. The quantitative estimate of drug-likeness (QED) is 0.753. The van der Waals surface area contributed by atoms with Crippen LogP contribution in [0.3, 0.4) is 0 Å². The van der Waals surface area contributed by atoms with E-state index in [0.29, 0.717) is 0 Å². The van der Waals surface area contributed by atoms with Gasteiger partial charge in [-0.15, -0.1) is 15.3 Å². The van der Waals surface area contributed by atoms with E-state index in [-0.39, 0.29) is 0 Å². The van der Waals surface area contributed by atoms with Crippen molar-refractivity contribution in [3.63, 3.8) is 0 Å². The fraction of sp³-hybridized carbons (Fsp3) is 0.400. The largest absolute Gasteiger partial charge is 0.223 e. The Labute approximate surface area is 91.9 Å². The Kier molecular flexibility index (Phi) is 2.99. The molecule has 0 aromatic carbocycles. The van der Waals surface area contributed by atoms with Gasteiger partial charge in [0.25, 0.3) is 0 Å². The zero-order valence-corrected chi connectivity index (χ0v) is 9.86. The molecule has 0 unspecified atom stereocenters.